The van der Waals surface area contributed by atoms with Gasteiger partial charge in [-0.15, -0.1) is 11.3 Å². The Kier molecular flexibility index (Phi) is 5.72. The van der Waals surface area contributed by atoms with Crippen molar-refractivity contribution in [2.24, 2.45) is 0 Å². The average molecular weight is 458 g/mol. The van der Waals surface area contributed by atoms with Crippen LogP contribution < -0.4 is 15.0 Å². The van der Waals surface area contributed by atoms with Crippen molar-refractivity contribution in [1.82, 2.24) is 4.98 Å². The third-order valence-corrected chi connectivity index (χ3v) is 7.13. The standard InChI is InChI=1S/C22H20FN3O3S2/c1-4-26-16-7-5-6-8-18(16)31-22(2,20(26)28)19(27)25-21-24-15(12-30-21)14-11-13(23)9-10-17(14)29-3/h5-12H,4H2,1-3H3,(H,24,25,27). The summed E-state index contributed by atoms with van der Waals surface area (Å²) in [7, 11) is 1.50. The van der Waals surface area contributed by atoms with Crippen LogP contribution in [0, 0.1) is 5.82 Å². The Bertz CT molecular complexity index is 1170. The van der Waals surface area contributed by atoms with Crippen molar-refractivity contribution in [2.75, 3.05) is 23.9 Å². The number of halogens is 1. The summed E-state index contributed by atoms with van der Waals surface area (Å²) in [6, 6.07) is 11.7. The van der Waals surface area contributed by atoms with Crippen LogP contribution in [0.15, 0.2) is 52.7 Å². The van der Waals surface area contributed by atoms with Gasteiger partial charge >= 0.3 is 0 Å². The number of amides is 2. The van der Waals surface area contributed by atoms with Gasteiger partial charge in [0.1, 0.15) is 11.6 Å². The van der Waals surface area contributed by atoms with E-state index in [1.165, 1.54) is 48.4 Å². The number of nitrogens with one attached hydrogen (secondary N) is 1. The number of rotatable bonds is 5. The number of hydrogen-bond donors (Lipinski definition) is 1. The van der Waals surface area contributed by atoms with Gasteiger partial charge in [-0.05, 0) is 44.2 Å². The number of aromatic nitrogens is 1. The minimum absolute atomic E-state index is 0.278. The molecule has 0 saturated heterocycles. The zero-order valence-electron chi connectivity index (χ0n) is 17.1. The highest BCUT2D eigenvalue weighted by atomic mass is 32.2. The van der Waals surface area contributed by atoms with Gasteiger partial charge in [0.25, 0.3) is 11.8 Å². The number of anilines is 2. The molecule has 1 aliphatic heterocycles. The van der Waals surface area contributed by atoms with Crippen LogP contribution in [-0.4, -0.2) is 35.2 Å². The van der Waals surface area contributed by atoms with Gasteiger partial charge in [-0.2, -0.15) is 0 Å². The number of fused-ring (bicyclic) bond motifs is 1. The van der Waals surface area contributed by atoms with Crippen molar-refractivity contribution in [2.45, 2.75) is 23.5 Å². The number of carbonyl (C=O) groups excluding carboxylic acids is 2. The third kappa shape index (κ3) is 3.79. The first-order chi connectivity index (χ1) is 14.9. The fourth-order valence-corrected chi connectivity index (χ4v) is 5.32. The number of para-hydroxylation sites is 1. The lowest BCUT2D eigenvalue weighted by Crippen LogP contribution is -2.54. The maximum atomic E-state index is 13.7. The van der Waals surface area contributed by atoms with Gasteiger partial charge in [0.05, 0.1) is 18.5 Å². The van der Waals surface area contributed by atoms with Crippen LogP contribution in [0.25, 0.3) is 11.3 Å². The van der Waals surface area contributed by atoms with Gasteiger partial charge in [0.15, 0.2) is 9.88 Å². The van der Waals surface area contributed by atoms with Crippen LogP contribution >= 0.6 is 23.1 Å². The van der Waals surface area contributed by atoms with E-state index in [2.05, 4.69) is 10.3 Å². The van der Waals surface area contributed by atoms with Crippen LogP contribution in [0.5, 0.6) is 5.75 Å². The fraction of sp³-hybridized carbons (Fsp3) is 0.227. The lowest BCUT2D eigenvalue weighted by atomic mass is 10.1. The second-order valence-electron chi connectivity index (χ2n) is 6.99. The molecule has 1 atom stereocenters. The summed E-state index contributed by atoms with van der Waals surface area (Å²) >= 11 is 2.43. The van der Waals surface area contributed by atoms with Crippen molar-refractivity contribution < 1.29 is 18.7 Å². The molecule has 2 aromatic carbocycles. The number of methoxy groups -OCH3 is 1. The lowest BCUT2D eigenvalue weighted by molar-refractivity contribution is -0.128. The molecule has 9 heteroatoms. The molecular formula is C22H20FN3O3S2. The normalized spacial score (nSPS) is 17.9. The Balaban J connectivity index is 1.61. The second-order valence-corrected chi connectivity index (χ2v) is 9.31. The van der Waals surface area contributed by atoms with E-state index in [1.807, 2.05) is 31.2 Å². The predicted octanol–water partition coefficient (Wildman–Crippen LogP) is 4.81. The van der Waals surface area contributed by atoms with Crippen LogP contribution in [-0.2, 0) is 9.59 Å². The largest absolute Gasteiger partial charge is 0.496 e. The SMILES string of the molecule is CCN1C(=O)C(C)(C(=O)Nc2nc(-c3cc(F)ccc3OC)cs2)Sc2ccccc21. The molecule has 0 fully saturated rings. The maximum Gasteiger partial charge on any atom is 0.252 e. The maximum absolute atomic E-state index is 13.7. The van der Waals surface area contributed by atoms with Crippen LogP contribution in [0.4, 0.5) is 15.2 Å². The van der Waals surface area contributed by atoms with Crippen molar-refractivity contribution in [3.05, 3.63) is 53.7 Å². The Hall–Kier alpha value is -2.91. The molecule has 4 rings (SSSR count). The van der Waals surface area contributed by atoms with E-state index >= 15 is 0 Å². The molecule has 2 heterocycles. The molecule has 0 spiro atoms. The summed E-state index contributed by atoms with van der Waals surface area (Å²) in [6.45, 7) is 3.96. The first-order valence-corrected chi connectivity index (χ1v) is 11.3. The van der Waals surface area contributed by atoms with E-state index in [9.17, 15) is 14.0 Å². The molecule has 0 bridgehead atoms. The molecule has 1 aromatic heterocycles. The Morgan fingerprint density at radius 1 is 1.29 bits per heavy atom. The highest BCUT2D eigenvalue weighted by Crippen LogP contribution is 2.45. The number of benzene rings is 2. The fourth-order valence-electron chi connectivity index (χ4n) is 3.41. The monoisotopic (exact) mass is 457 g/mol. The molecule has 31 heavy (non-hydrogen) atoms. The van der Waals surface area contributed by atoms with E-state index < -0.39 is 16.5 Å². The van der Waals surface area contributed by atoms with E-state index in [1.54, 1.807) is 17.2 Å². The minimum atomic E-state index is -1.34. The lowest BCUT2D eigenvalue weighted by Gasteiger charge is -2.38. The number of ether oxygens (including phenoxy) is 1. The number of thioether (sulfide) groups is 1. The van der Waals surface area contributed by atoms with Gasteiger partial charge in [-0.25, -0.2) is 9.37 Å². The molecule has 0 aliphatic carbocycles. The van der Waals surface area contributed by atoms with E-state index in [4.69, 9.17) is 4.74 Å². The minimum Gasteiger partial charge on any atom is -0.496 e. The Morgan fingerprint density at radius 3 is 2.81 bits per heavy atom. The molecule has 1 unspecified atom stereocenters. The van der Waals surface area contributed by atoms with Gasteiger partial charge in [-0.1, -0.05) is 23.9 Å². The topological polar surface area (TPSA) is 71.5 Å². The highest BCUT2D eigenvalue weighted by molar-refractivity contribution is 8.02. The molecule has 1 N–H and O–H groups in total. The van der Waals surface area contributed by atoms with E-state index in [0.29, 0.717) is 28.7 Å². The molecule has 6 nitrogen and oxygen atoms in total. The molecule has 0 radical (unpaired) electrons. The van der Waals surface area contributed by atoms with Crippen LogP contribution in [0.1, 0.15) is 13.8 Å². The van der Waals surface area contributed by atoms with Crippen LogP contribution in [0.2, 0.25) is 0 Å². The summed E-state index contributed by atoms with van der Waals surface area (Å²) in [5, 5.41) is 4.79. The van der Waals surface area contributed by atoms with Crippen molar-refractivity contribution in [3.8, 4) is 17.0 Å². The zero-order chi connectivity index (χ0) is 22.2. The van der Waals surface area contributed by atoms with Gasteiger partial charge in [0, 0.05) is 22.4 Å². The van der Waals surface area contributed by atoms with E-state index in [-0.39, 0.29) is 5.91 Å². The summed E-state index contributed by atoms with van der Waals surface area (Å²) in [5.41, 5.74) is 1.77. The zero-order valence-corrected chi connectivity index (χ0v) is 18.8. The number of thiazole rings is 1. The van der Waals surface area contributed by atoms with Crippen molar-refractivity contribution in [3.63, 3.8) is 0 Å². The molecule has 160 valence electrons. The molecule has 1 aliphatic rings. The molecular weight excluding hydrogens is 437 g/mol. The quantitative estimate of drug-likeness (QED) is 0.557. The number of nitrogens with zero attached hydrogens (tertiary/aromatic N) is 2. The number of hydrogen-bond acceptors (Lipinski definition) is 6. The summed E-state index contributed by atoms with van der Waals surface area (Å²) < 4.78 is 17.7. The van der Waals surface area contributed by atoms with Crippen LogP contribution in [0.3, 0.4) is 0 Å². The summed E-state index contributed by atoms with van der Waals surface area (Å²) in [5.74, 6) is -0.670. The molecule has 0 saturated carbocycles. The summed E-state index contributed by atoms with van der Waals surface area (Å²) in [6.07, 6.45) is 0. The average Bonchev–Trinajstić information content (AvgIpc) is 3.23. The van der Waals surface area contributed by atoms with E-state index in [0.717, 1.165) is 10.6 Å². The smallest absolute Gasteiger partial charge is 0.252 e. The van der Waals surface area contributed by atoms with Gasteiger partial charge < -0.3 is 15.0 Å². The first-order valence-electron chi connectivity index (χ1n) is 9.58. The van der Waals surface area contributed by atoms with Crippen molar-refractivity contribution in [1.29, 1.82) is 0 Å². The van der Waals surface area contributed by atoms with Crippen molar-refractivity contribution >= 4 is 45.7 Å². The second kappa shape index (κ2) is 8.32. The van der Waals surface area contributed by atoms with Gasteiger partial charge in [-0.3, -0.25) is 9.59 Å². The Morgan fingerprint density at radius 2 is 2.06 bits per heavy atom. The third-order valence-electron chi connectivity index (χ3n) is 5.04. The van der Waals surface area contributed by atoms with Gasteiger partial charge in [0.2, 0.25) is 0 Å². The number of carbonyl (C=O) groups is 2. The Labute approximate surface area is 187 Å². The summed E-state index contributed by atoms with van der Waals surface area (Å²) in [4.78, 5) is 33.3. The highest BCUT2D eigenvalue weighted by Gasteiger charge is 2.49. The first kappa shape index (κ1) is 21.3. The predicted molar refractivity (Wildman–Crippen MR) is 121 cm³/mol. The molecule has 3 aromatic rings. The molecule has 2 amide bonds.